The number of rotatable bonds is 8. The van der Waals surface area contributed by atoms with E-state index < -0.39 is 0 Å². The predicted molar refractivity (Wildman–Crippen MR) is 137 cm³/mol. The maximum absolute atomic E-state index is 5.81. The lowest BCUT2D eigenvalue weighted by molar-refractivity contribution is 0.122. The largest absolute Gasteiger partial charge is 0.492 e. The van der Waals surface area contributed by atoms with Crippen LogP contribution in [0, 0.1) is 0 Å². The Morgan fingerprint density at radius 2 is 1.80 bits per heavy atom. The molecule has 1 N–H and O–H groups in total. The highest BCUT2D eigenvalue weighted by atomic mass is 16.5. The van der Waals surface area contributed by atoms with Crippen molar-refractivity contribution in [3.05, 3.63) is 61.1 Å². The van der Waals surface area contributed by atoms with Crippen molar-refractivity contribution in [2.24, 2.45) is 0 Å². The van der Waals surface area contributed by atoms with Gasteiger partial charge in [-0.2, -0.15) is 0 Å². The van der Waals surface area contributed by atoms with Crippen LogP contribution in [-0.2, 0) is 4.74 Å². The van der Waals surface area contributed by atoms with E-state index in [1.807, 2.05) is 62.8 Å². The molecule has 1 aromatic carbocycles. The average Bonchev–Trinajstić information content (AvgIpc) is 2.89. The first kappa shape index (κ1) is 22.9. The van der Waals surface area contributed by atoms with Gasteiger partial charge in [0, 0.05) is 43.0 Å². The van der Waals surface area contributed by atoms with Gasteiger partial charge in [0.2, 0.25) is 5.95 Å². The molecule has 1 saturated heterocycles. The summed E-state index contributed by atoms with van der Waals surface area (Å²) in [6.45, 7) is 4.68. The number of pyridine rings is 2. The number of ether oxygens (including phenoxy) is 2. The maximum atomic E-state index is 5.81. The summed E-state index contributed by atoms with van der Waals surface area (Å²) < 4.78 is 11.2. The molecule has 4 aromatic rings. The van der Waals surface area contributed by atoms with Crippen LogP contribution in [-0.4, -0.2) is 78.4 Å². The molecule has 0 saturated carbocycles. The van der Waals surface area contributed by atoms with Crippen molar-refractivity contribution in [2.45, 2.75) is 0 Å². The molecule has 0 aliphatic carbocycles. The minimum absolute atomic E-state index is 0.497. The van der Waals surface area contributed by atoms with Crippen molar-refractivity contribution in [1.82, 2.24) is 24.8 Å². The van der Waals surface area contributed by atoms with E-state index in [1.54, 1.807) is 12.4 Å². The molecule has 0 atom stereocenters. The van der Waals surface area contributed by atoms with Gasteiger partial charge in [-0.3, -0.25) is 4.98 Å². The van der Waals surface area contributed by atoms with Gasteiger partial charge in [-0.05, 0) is 56.6 Å². The molecule has 0 radical (unpaired) electrons. The first-order valence-electron chi connectivity index (χ1n) is 11.7. The summed E-state index contributed by atoms with van der Waals surface area (Å²) in [5, 5.41) is 4.19. The zero-order chi connectivity index (χ0) is 24.0. The van der Waals surface area contributed by atoms with Crippen LogP contribution in [0.3, 0.4) is 0 Å². The van der Waals surface area contributed by atoms with Crippen molar-refractivity contribution in [3.8, 4) is 17.0 Å². The fraction of sp³-hybridized carbons (Fsp3) is 0.308. The van der Waals surface area contributed by atoms with Gasteiger partial charge in [0.15, 0.2) is 0 Å². The van der Waals surface area contributed by atoms with Crippen LogP contribution in [0.1, 0.15) is 0 Å². The lowest BCUT2D eigenvalue weighted by atomic mass is 10.1. The van der Waals surface area contributed by atoms with Gasteiger partial charge in [-0.15, -0.1) is 0 Å². The highest BCUT2D eigenvalue weighted by Crippen LogP contribution is 2.28. The van der Waals surface area contributed by atoms with Gasteiger partial charge in [-0.1, -0.05) is 0 Å². The number of hydrogen-bond acceptors (Lipinski definition) is 9. The van der Waals surface area contributed by atoms with Crippen LogP contribution in [0.5, 0.6) is 5.75 Å². The summed E-state index contributed by atoms with van der Waals surface area (Å²) in [4.78, 5) is 22.8. The van der Waals surface area contributed by atoms with E-state index in [0.29, 0.717) is 12.6 Å². The Balaban J connectivity index is 1.33. The van der Waals surface area contributed by atoms with Gasteiger partial charge in [0.25, 0.3) is 0 Å². The third kappa shape index (κ3) is 5.64. The van der Waals surface area contributed by atoms with E-state index in [4.69, 9.17) is 14.5 Å². The van der Waals surface area contributed by atoms with Gasteiger partial charge < -0.3 is 24.6 Å². The Kier molecular flexibility index (Phi) is 6.97. The van der Waals surface area contributed by atoms with E-state index >= 15 is 0 Å². The SMILES string of the molecule is CN(C)CCOc1ccc(-c2nccc3cnc(Nc4ccc(N5CCOCC5)nc4)nc23)cc1. The average molecular weight is 472 g/mol. The van der Waals surface area contributed by atoms with Crippen molar-refractivity contribution in [1.29, 1.82) is 0 Å². The van der Waals surface area contributed by atoms with E-state index in [-0.39, 0.29) is 0 Å². The first-order valence-corrected chi connectivity index (χ1v) is 11.7. The van der Waals surface area contributed by atoms with Gasteiger partial charge in [0.1, 0.15) is 23.7 Å². The summed E-state index contributed by atoms with van der Waals surface area (Å²) >= 11 is 0. The Morgan fingerprint density at radius 1 is 0.971 bits per heavy atom. The highest BCUT2D eigenvalue weighted by Gasteiger charge is 2.13. The van der Waals surface area contributed by atoms with Crippen LogP contribution < -0.4 is 15.0 Å². The van der Waals surface area contributed by atoms with Crippen LogP contribution in [0.2, 0.25) is 0 Å². The van der Waals surface area contributed by atoms with Crippen molar-refractivity contribution in [2.75, 3.05) is 63.8 Å². The number of anilines is 3. The minimum Gasteiger partial charge on any atom is -0.492 e. The molecule has 1 aliphatic heterocycles. The van der Waals surface area contributed by atoms with Crippen LogP contribution >= 0.6 is 0 Å². The van der Waals surface area contributed by atoms with Crippen LogP contribution in [0.25, 0.3) is 22.2 Å². The monoisotopic (exact) mass is 471 g/mol. The van der Waals surface area contributed by atoms with Gasteiger partial charge in [-0.25, -0.2) is 15.0 Å². The molecule has 0 amide bonds. The third-order valence-electron chi connectivity index (χ3n) is 5.77. The zero-order valence-electron chi connectivity index (χ0n) is 20.0. The molecule has 180 valence electrons. The lowest BCUT2D eigenvalue weighted by Gasteiger charge is -2.27. The van der Waals surface area contributed by atoms with Gasteiger partial charge >= 0.3 is 0 Å². The van der Waals surface area contributed by atoms with Crippen molar-refractivity contribution < 1.29 is 9.47 Å². The van der Waals surface area contributed by atoms with Gasteiger partial charge in [0.05, 0.1) is 30.8 Å². The second-order valence-corrected chi connectivity index (χ2v) is 8.60. The number of hydrogen-bond donors (Lipinski definition) is 1. The Bertz CT molecular complexity index is 1260. The summed E-state index contributed by atoms with van der Waals surface area (Å²) in [5.74, 6) is 2.27. The normalized spacial score (nSPS) is 13.9. The van der Waals surface area contributed by atoms with E-state index in [1.165, 1.54) is 0 Å². The first-order chi connectivity index (χ1) is 17.2. The fourth-order valence-corrected chi connectivity index (χ4v) is 3.85. The quantitative estimate of drug-likeness (QED) is 0.414. The molecular formula is C26H29N7O2. The topological polar surface area (TPSA) is 88.5 Å². The number of fused-ring (bicyclic) bond motifs is 1. The molecule has 9 heteroatoms. The summed E-state index contributed by atoms with van der Waals surface area (Å²) in [6.07, 6.45) is 5.39. The maximum Gasteiger partial charge on any atom is 0.227 e. The molecule has 1 aliphatic rings. The van der Waals surface area contributed by atoms with E-state index in [2.05, 4.69) is 30.1 Å². The molecule has 4 heterocycles. The summed E-state index contributed by atoms with van der Waals surface area (Å²) in [5.41, 5.74) is 3.38. The van der Waals surface area contributed by atoms with Crippen molar-refractivity contribution >= 4 is 28.4 Å². The molecule has 1 fully saturated rings. The molecule has 0 bridgehead atoms. The predicted octanol–water partition coefficient (Wildman–Crippen LogP) is 3.61. The summed E-state index contributed by atoms with van der Waals surface area (Å²) in [6, 6.07) is 13.9. The molecule has 5 rings (SSSR count). The number of nitrogens with one attached hydrogen (secondary N) is 1. The molecule has 0 unspecified atom stereocenters. The summed E-state index contributed by atoms with van der Waals surface area (Å²) in [7, 11) is 4.06. The molecule has 0 spiro atoms. The third-order valence-corrected chi connectivity index (χ3v) is 5.77. The minimum atomic E-state index is 0.497. The van der Waals surface area contributed by atoms with Crippen LogP contribution in [0.4, 0.5) is 17.5 Å². The smallest absolute Gasteiger partial charge is 0.227 e. The Labute approximate surface area is 204 Å². The Morgan fingerprint density at radius 3 is 2.54 bits per heavy atom. The second kappa shape index (κ2) is 10.6. The fourth-order valence-electron chi connectivity index (χ4n) is 3.85. The second-order valence-electron chi connectivity index (χ2n) is 8.60. The van der Waals surface area contributed by atoms with Crippen molar-refractivity contribution in [3.63, 3.8) is 0 Å². The molecule has 9 nitrogen and oxygen atoms in total. The highest BCUT2D eigenvalue weighted by molar-refractivity contribution is 5.91. The van der Waals surface area contributed by atoms with Crippen LogP contribution in [0.15, 0.2) is 61.1 Å². The number of benzene rings is 1. The van der Waals surface area contributed by atoms with E-state index in [9.17, 15) is 0 Å². The van der Waals surface area contributed by atoms with E-state index in [0.717, 1.165) is 72.3 Å². The lowest BCUT2D eigenvalue weighted by Crippen LogP contribution is -2.36. The number of nitrogens with zero attached hydrogens (tertiary/aromatic N) is 6. The zero-order valence-corrected chi connectivity index (χ0v) is 20.0. The number of aromatic nitrogens is 4. The standard InChI is InChI=1S/C26H29N7O2/c1-32(2)11-16-35-22-6-3-19(4-7-22)24-25-20(9-10-27-24)17-29-26(31-25)30-21-5-8-23(28-18-21)33-12-14-34-15-13-33/h3-10,17-18H,11-16H2,1-2H3,(H,29,30,31). The number of likely N-dealkylation sites (N-methyl/N-ethyl adjacent to an activating group) is 1. The Hall–Kier alpha value is -3.82. The molecule has 35 heavy (non-hydrogen) atoms. The molecule has 3 aromatic heterocycles. The number of morpholine rings is 1. The molecular weight excluding hydrogens is 442 g/mol.